The van der Waals surface area contributed by atoms with Crippen molar-refractivity contribution < 1.29 is 9.53 Å². The van der Waals surface area contributed by atoms with Crippen molar-refractivity contribution in [2.24, 2.45) is 0 Å². The summed E-state index contributed by atoms with van der Waals surface area (Å²) in [5.41, 5.74) is 0. The van der Waals surface area contributed by atoms with Crippen molar-refractivity contribution >= 4 is 28.4 Å². The van der Waals surface area contributed by atoms with Gasteiger partial charge in [0, 0.05) is 17.2 Å². The molecule has 3 aromatic carbocycles. The van der Waals surface area contributed by atoms with Crippen LogP contribution in [0, 0.1) is 0 Å². The van der Waals surface area contributed by atoms with E-state index in [1.165, 1.54) is 4.90 Å². The minimum Gasteiger partial charge on any atom is -0.481 e. The summed E-state index contributed by atoms with van der Waals surface area (Å²) >= 11 is 1.73. The maximum atomic E-state index is 12.4. The van der Waals surface area contributed by atoms with Crippen LogP contribution in [0.15, 0.2) is 77.7 Å². The topological polar surface area (TPSA) is 38.3 Å². The Labute approximate surface area is 158 Å². The van der Waals surface area contributed by atoms with Crippen molar-refractivity contribution in [3.8, 4) is 5.75 Å². The molecule has 1 N–H and O–H groups in total. The van der Waals surface area contributed by atoms with E-state index in [9.17, 15) is 4.79 Å². The van der Waals surface area contributed by atoms with Crippen molar-refractivity contribution in [1.29, 1.82) is 0 Å². The fraction of sp³-hybridized carbons (Fsp3) is 0.227. The second-order valence-electron chi connectivity index (χ2n) is 5.98. The number of hydrogen-bond acceptors (Lipinski definition) is 3. The summed E-state index contributed by atoms with van der Waals surface area (Å²) in [6, 6.07) is 24.2. The van der Waals surface area contributed by atoms with Gasteiger partial charge < -0.3 is 10.1 Å². The lowest BCUT2D eigenvalue weighted by Gasteiger charge is -2.17. The van der Waals surface area contributed by atoms with E-state index in [4.69, 9.17) is 4.74 Å². The monoisotopic (exact) mass is 365 g/mol. The van der Waals surface area contributed by atoms with Crippen molar-refractivity contribution in [3.05, 3.63) is 72.8 Å². The Morgan fingerprint density at radius 1 is 1.00 bits per heavy atom. The lowest BCUT2D eigenvalue weighted by molar-refractivity contribution is -0.127. The van der Waals surface area contributed by atoms with E-state index in [2.05, 4.69) is 23.5 Å². The molecule has 0 saturated heterocycles. The number of carbonyl (C=O) groups excluding carboxylic acids is 1. The van der Waals surface area contributed by atoms with Gasteiger partial charge in [-0.25, -0.2) is 0 Å². The Hall–Kier alpha value is -2.46. The fourth-order valence-corrected chi connectivity index (χ4v) is 3.49. The van der Waals surface area contributed by atoms with Gasteiger partial charge in [0.1, 0.15) is 5.75 Å². The quantitative estimate of drug-likeness (QED) is 0.455. The van der Waals surface area contributed by atoms with Gasteiger partial charge in [-0.1, -0.05) is 55.5 Å². The van der Waals surface area contributed by atoms with Gasteiger partial charge in [-0.2, -0.15) is 0 Å². The Morgan fingerprint density at radius 3 is 2.50 bits per heavy atom. The number of hydrogen-bond donors (Lipinski definition) is 1. The first-order valence-electron chi connectivity index (χ1n) is 8.87. The maximum absolute atomic E-state index is 12.4. The van der Waals surface area contributed by atoms with Gasteiger partial charge in [0.2, 0.25) is 0 Å². The summed E-state index contributed by atoms with van der Waals surface area (Å²) in [6.07, 6.45) is 0.155. The van der Waals surface area contributed by atoms with Crippen molar-refractivity contribution in [2.75, 3.05) is 12.3 Å². The van der Waals surface area contributed by atoms with Gasteiger partial charge in [0.05, 0.1) is 0 Å². The first-order valence-corrected chi connectivity index (χ1v) is 9.86. The van der Waals surface area contributed by atoms with E-state index in [0.29, 0.717) is 13.0 Å². The molecule has 0 heterocycles. The molecule has 1 amide bonds. The van der Waals surface area contributed by atoms with Crippen LogP contribution >= 0.6 is 11.8 Å². The van der Waals surface area contributed by atoms with Gasteiger partial charge in [-0.15, -0.1) is 11.8 Å². The smallest absolute Gasteiger partial charge is 0.261 e. The molecule has 0 unspecified atom stereocenters. The SMILES string of the molecule is CC[C@@H](Oc1ccc2ccccc2c1)C(=O)NCCSc1ccccc1. The van der Waals surface area contributed by atoms with E-state index in [0.717, 1.165) is 22.3 Å². The first-order chi connectivity index (χ1) is 12.8. The number of ether oxygens (including phenoxy) is 1. The van der Waals surface area contributed by atoms with Crippen LogP contribution in [0.2, 0.25) is 0 Å². The number of carbonyl (C=O) groups is 1. The Kier molecular flexibility index (Phi) is 6.56. The maximum Gasteiger partial charge on any atom is 0.261 e. The highest BCUT2D eigenvalue weighted by atomic mass is 32.2. The van der Waals surface area contributed by atoms with Crippen LogP contribution in [0.3, 0.4) is 0 Å². The summed E-state index contributed by atoms with van der Waals surface area (Å²) in [6.45, 7) is 2.58. The van der Waals surface area contributed by atoms with Gasteiger partial charge in [-0.3, -0.25) is 4.79 Å². The molecule has 3 aromatic rings. The Balaban J connectivity index is 1.51. The third-order valence-corrected chi connectivity index (χ3v) is 5.09. The van der Waals surface area contributed by atoms with Crippen LogP contribution in [0.4, 0.5) is 0 Å². The zero-order chi connectivity index (χ0) is 18.2. The van der Waals surface area contributed by atoms with E-state index >= 15 is 0 Å². The van der Waals surface area contributed by atoms with E-state index < -0.39 is 6.10 Å². The molecule has 3 rings (SSSR count). The van der Waals surface area contributed by atoms with Crippen LogP contribution in [0.1, 0.15) is 13.3 Å². The van der Waals surface area contributed by atoms with Crippen LogP contribution in [-0.2, 0) is 4.79 Å². The molecule has 3 nitrogen and oxygen atoms in total. The molecular formula is C22H23NO2S. The number of nitrogens with one attached hydrogen (secondary N) is 1. The molecule has 134 valence electrons. The van der Waals surface area contributed by atoms with Gasteiger partial charge in [0.15, 0.2) is 6.10 Å². The van der Waals surface area contributed by atoms with E-state index in [-0.39, 0.29) is 5.91 Å². The summed E-state index contributed by atoms with van der Waals surface area (Å²) < 4.78 is 5.93. The number of rotatable bonds is 8. The van der Waals surface area contributed by atoms with Crippen molar-refractivity contribution in [2.45, 2.75) is 24.3 Å². The van der Waals surface area contributed by atoms with Gasteiger partial charge in [0.25, 0.3) is 5.91 Å². The third kappa shape index (κ3) is 5.02. The number of amides is 1. The minimum atomic E-state index is -0.474. The highest BCUT2D eigenvalue weighted by molar-refractivity contribution is 7.99. The molecule has 26 heavy (non-hydrogen) atoms. The zero-order valence-corrected chi connectivity index (χ0v) is 15.7. The first kappa shape index (κ1) is 18.3. The summed E-state index contributed by atoms with van der Waals surface area (Å²) in [4.78, 5) is 13.6. The van der Waals surface area contributed by atoms with Crippen molar-refractivity contribution in [3.63, 3.8) is 0 Å². The van der Waals surface area contributed by atoms with Crippen LogP contribution in [0.25, 0.3) is 10.8 Å². The normalized spacial score (nSPS) is 11.9. The van der Waals surface area contributed by atoms with Crippen LogP contribution in [-0.4, -0.2) is 24.3 Å². The Bertz CT molecular complexity index is 851. The number of benzene rings is 3. The summed E-state index contributed by atoms with van der Waals surface area (Å²) in [5, 5.41) is 5.25. The average molecular weight is 365 g/mol. The molecule has 0 radical (unpaired) electrons. The molecule has 0 aromatic heterocycles. The minimum absolute atomic E-state index is 0.0608. The highest BCUT2D eigenvalue weighted by Gasteiger charge is 2.18. The lowest BCUT2D eigenvalue weighted by atomic mass is 10.1. The fourth-order valence-electron chi connectivity index (χ4n) is 2.70. The van der Waals surface area contributed by atoms with Gasteiger partial charge >= 0.3 is 0 Å². The van der Waals surface area contributed by atoms with Crippen LogP contribution in [0.5, 0.6) is 5.75 Å². The standard InChI is InChI=1S/C22H23NO2S/c1-2-21(22(24)23-14-15-26-20-10-4-3-5-11-20)25-19-13-12-17-8-6-7-9-18(17)16-19/h3-13,16,21H,2,14-15H2,1H3,(H,23,24)/t21-/m1/s1. The van der Waals surface area contributed by atoms with E-state index in [1.54, 1.807) is 11.8 Å². The lowest BCUT2D eigenvalue weighted by Crippen LogP contribution is -2.39. The molecule has 0 bridgehead atoms. The summed E-state index contributed by atoms with van der Waals surface area (Å²) in [7, 11) is 0. The second kappa shape index (κ2) is 9.30. The van der Waals surface area contributed by atoms with E-state index in [1.807, 2.05) is 61.5 Å². The predicted octanol–water partition coefficient (Wildman–Crippen LogP) is 4.91. The predicted molar refractivity (Wildman–Crippen MR) is 109 cm³/mol. The molecule has 4 heteroatoms. The second-order valence-corrected chi connectivity index (χ2v) is 7.14. The molecule has 0 spiro atoms. The van der Waals surface area contributed by atoms with Crippen LogP contribution < -0.4 is 10.1 Å². The largest absolute Gasteiger partial charge is 0.481 e. The summed E-state index contributed by atoms with van der Waals surface area (Å²) in [5.74, 6) is 1.50. The zero-order valence-electron chi connectivity index (χ0n) is 14.9. The van der Waals surface area contributed by atoms with Gasteiger partial charge in [-0.05, 0) is 41.5 Å². The number of fused-ring (bicyclic) bond motifs is 1. The molecule has 0 saturated carbocycles. The average Bonchev–Trinajstić information content (AvgIpc) is 2.70. The molecule has 1 atom stereocenters. The Morgan fingerprint density at radius 2 is 1.73 bits per heavy atom. The molecule has 0 aliphatic heterocycles. The third-order valence-electron chi connectivity index (χ3n) is 4.08. The molecular weight excluding hydrogens is 342 g/mol. The highest BCUT2D eigenvalue weighted by Crippen LogP contribution is 2.22. The molecule has 0 aliphatic carbocycles. The molecule has 0 fully saturated rings. The number of thioether (sulfide) groups is 1. The molecule has 0 aliphatic rings. The van der Waals surface area contributed by atoms with Crippen molar-refractivity contribution in [1.82, 2.24) is 5.32 Å².